The molecule has 0 aliphatic carbocycles. The summed E-state index contributed by atoms with van der Waals surface area (Å²) in [5, 5.41) is 56.6. The molecule has 162 valence electrons. The molecule has 0 aromatic rings. The second kappa shape index (κ2) is 11.5. The van der Waals surface area contributed by atoms with Crippen molar-refractivity contribution in [1.82, 2.24) is 19.6 Å². The zero-order chi connectivity index (χ0) is 21.3. The van der Waals surface area contributed by atoms with Gasteiger partial charge in [0.05, 0.1) is 25.4 Å². The summed E-state index contributed by atoms with van der Waals surface area (Å²) in [5.41, 5.74) is 0. The highest BCUT2D eigenvalue weighted by molar-refractivity contribution is 5.67. The van der Waals surface area contributed by atoms with Crippen molar-refractivity contribution in [2.45, 2.75) is 12.1 Å². The number of carboxylic acid groups (broad SMARTS) is 3. The third-order valence-electron chi connectivity index (χ3n) is 4.69. The Morgan fingerprint density at radius 3 is 1.21 bits per heavy atom. The first-order valence-corrected chi connectivity index (χ1v) is 8.78. The van der Waals surface area contributed by atoms with Crippen molar-refractivity contribution in [2.75, 3.05) is 65.6 Å². The number of nitrogens with zero attached hydrogens (tertiary/aromatic N) is 4. The summed E-state index contributed by atoms with van der Waals surface area (Å²) in [6.07, 6.45) is -5.08. The normalized spacial score (nSPS) is 20.0. The van der Waals surface area contributed by atoms with Crippen LogP contribution in [0.25, 0.3) is 0 Å². The number of amides is 3. The Morgan fingerprint density at radius 2 is 0.964 bits per heavy atom. The van der Waals surface area contributed by atoms with Crippen LogP contribution in [0.3, 0.4) is 0 Å². The van der Waals surface area contributed by atoms with Crippen LogP contribution in [0.1, 0.15) is 0 Å². The van der Waals surface area contributed by atoms with E-state index in [0.29, 0.717) is 0 Å². The van der Waals surface area contributed by atoms with Crippen LogP contribution in [0, 0.1) is 0 Å². The number of hydrogen-bond donors (Lipinski definition) is 6. The lowest BCUT2D eigenvalue weighted by Crippen LogP contribution is -2.54. The summed E-state index contributed by atoms with van der Waals surface area (Å²) in [7, 11) is 0. The van der Waals surface area contributed by atoms with E-state index in [9.17, 15) is 45.0 Å². The molecule has 0 aromatic carbocycles. The SMILES string of the molecule is O=C(O)N1CCN(C(=O)O)CCN([C@H](CO)[C@H](O)CO)CCN(C(=O)O)CC1. The minimum absolute atomic E-state index is 0.0507. The molecule has 1 saturated heterocycles. The first-order chi connectivity index (χ1) is 13.2. The van der Waals surface area contributed by atoms with Crippen LogP contribution < -0.4 is 0 Å². The standard InChI is InChI=1S/C15H28N4O9/c20-9-11(12(22)10-21)16-1-3-17(13(23)24)5-7-19(15(27)28)8-6-18(4-2-16)14(25)26/h11-12,20-22H,1-10H2,(H,23,24)(H,25,26)(H,27,28)/t11-,12-/m1/s1. The van der Waals surface area contributed by atoms with Crippen LogP contribution in [-0.2, 0) is 0 Å². The van der Waals surface area contributed by atoms with E-state index in [1.165, 1.54) is 4.90 Å². The van der Waals surface area contributed by atoms with Crippen LogP contribution in [-0.4, -0.2) is 146 Å². The highest BCUT2D eigenvalue weighted by Gasteiger charge is 2.28. The Kier molecular flexibility index (Phi) is 9.72. The smallest absolute Gasteiger partial charge is 0.407 e. The van der Waals surface area contributed by atoms with E-state index in [2.05, 4.69) is 0 Å². The highest BCUT2D eigenvalue weighted by Crippen LogP contribution is 2.08. The average Bonchev–Trinajstić information content (AvgIpc) is 2.62. The quantitative estimate of drug-likeness (QED) is 0.302. The number of aliphatic hydroxyl groups is 3. The monoisotopic (exact) mass is 408 g/mol. The summed E-state index contributed by atoms with van der Waals surface area (Å²) >= 11 is 0. The number of carbonyl (C=O) groups is 3. The van der Waals surface area contributed by atoms with Crippen LogP contribution >= 0.6 is 0 Å². The fourth-order valence-electron chi connectivity index (χ4n) is 2.94. The molecule has 0 saturated carbocycles. The predicted molar refractivity (Wildman–Crippen MR) is 94.3 cm³/mol. The Bertz CT molecular complexity index is 506. The number of rotatable bonds is 4. The molecule has 6 N–H and O–H groups in total. The van der Waals surface area contributed by atoms with Gasteiger partial charge in [0.15, 0.2) is 0 Å². The van der Waals surface area contributed by atoms with Crippen molar-refractivity contribution in [1.29, 1.82) is 0 Å². The molecule has 3 amide bonds. The lowest BCUT2D eigenvalue weighted by Gasteiger charge is -2.36. The summed E-state index contributed by atoms with van der Waals surface area (Å²) in [6, 6.07) is -0.908. The van der Waals surface area contributed by atoms with E-state index < -0.39 is 43.6 Å². The van der Waals surface area contributed by atoms with E-state index in [4.69, 9.17) is 0 Å². The van der Waals surface area contributed by atoms with Gasteiger partial charge in [-0.15, -0.1) is 0 Å². The van der Waals surface area contributed by atoms with Gasteiger partial charge in [-0.1, -0.05) is 0 Å². The maximum atomic E-state index is 11.4. The molecule has 1 aliphatic heterocycles. The molecule has 13 heteroatoms. The largest absolute Gasteiger partial charge is 0.465 e. The van der Waals surface area contributed by atoms with Gasteiger partial charge in [0.1, 0.15) is 0 Å². The fraction of sp³-hybridized carbons (Fsp3) is 0.800. The molecule has 0 unspecified atom stereocenters. The first kappa shape index (κ1) is 23.7. The molecule has 0 bridgehead atoms. The minimum atomic E-state index is -1.29. The van der Waals surface area contributed by atoms with Gasteiger partial charge in [0.2, 0.25) is 0 Å². The van der Waals surface area contributed by atoms with Crippen LogP contribution in [0.15, 0.2) is 0 Å². The van der Waals surface area contributed by atoms with Crippen molar-refractivity contribution in [3.63, 3.8) is 0 Å². The second-order valence-electron chi connectivity index (χ2n) is 6.34. The first-order valence-electron chi connectivity index (χ1n) is 8.78. The molecule has 1 heterocycles. The van der Waals surface area contributed by atoms with E-state index >= 15 is 0 Å². The Hall–Kier alpha value is -2.35. The Labute approximate surface area is 161 Å². The molecule has 0 radical (unpaired) electrons. The van der Waals surface area contributed by atoms with Crippen molar-refractivity contribution in [2.24, 2.45) is 0 Å². The van der Waals surface area contributed by atoms with Gasteiger partial charge in [0.25, 0.3) is 0 Å². The molecular formula is C15H28N4O9. The van der Waals surface area contributed by atoms with Gasteiger partial charge in [-0.3, -0.25) is 4.90 Å². The van der Waals surface area contributed by atoms with E-state index in [0.717, 1.165) is 14.7 Å². The van der Waals surface area contributed by atoms with E-state index in [-0.39, 0.29) is 52.4 Å². The maximum absolute atomic E-state index is 11.4. The molecule has 28 heavy (non-hydrogen) atoms. The van der Waals surface area contributed by atoms with Gasteiger partial charge in [-0.05, 0) is 0 Å². The van der Waals surface area contributed by atoms with Gasteiger partial charge < -0.3 is 45.3 Å². The second-order valence-corrected chi connectivity index (χ2v) is 6.34. The summed E-state index contributed by atoms with van der Waals surface area (Å²) < 4.78 is 0. The molecule has 1 aliphatic rings. The van der Waals surface area contributed by atoms with Gasteiger partial charge >= 0.3 is 18.3 Å². The van der Waals surface area contributed by atoms with Gasteiger partial charge in [-0.25, -0.2) is 14.4 Å². The third-order valence-corrected chi connectivity index (χ3v) is 4.69. The lowest BCUT2D eigenvalue weighted by molar-refractivity contribution is -0.0185. The lowest BCUT2D eigenvalue weighted by atomic mass is 10.1. The molecule has 0 aromatic heterocycles. The molecular weight excluding hydrogens is 380 g/mol. The zero-order valence-corrected chi connectivity index (χ0v) is 15.4. The summed E-state index contributed by atoms with van der Waals surface area (Å²) in [6.45, 7) is -1.63. The van der Waals surface area contributed by atoms with E-state index in [1.54, 1.807) is 0 Å². The average molecular weight is 408 g/mol. The van der Waals surface area contributed by atoms with Crippen LogP contribution in [0.5, 0.6) is 0 Å². The highest BCUT2D eigenvalue weighted by atomic mass is 16.4. The third kappa shape index (κ3) is 6.99. The fourth-order valence-corrected chi connectivity index (χ4v) is 2.94. The molecule has 1 rings (SSSR count). The van der Waals surface area contributed by atoms with Crippen molar-refractivity contribution < 1.29 is 45.0 Å². The Morgan fingerprint density at radius 1 is 0.643 bits per heavy atom. The summed E-state index contributed by atoms with van der Waals surface area (Å²) in [4.78, 5) is 38.7. The molecule has 13 nitrogen and oxygen atoms in total. The zero-order valence-electron chi connectivity index (χ0n) is 15.4. The topological polar surface area (TPSA) is 186 Å². The number of aliphatic hydroxyl groups excluding tert-OH is 3. The van der Waals surface area contributed by atoms with Crippen LogP contribution in [0.4, 0.5) is 14.4 Å². The molecule has 1 fully saturated rings. The minimum Gasteiger partial charge on any atom is -0.465 e. The number of hydrogen-bond acceptors (Lipinski definition) is 7. The Balaban J connectivity index is 3.05. The van der Waals surface area contributed by atoms with Crippen molar-refractivity contribution in [3.8, 4) is 0 Å². The van der Waals surface area contributed by atoms with Gasteiger partial charge in [-0.2, -0.15) is 0 Å². The van der Waals surface area contributed by atoms with Gasteiger partial charge in [0, 0.05) is 52.4 Å². The van der Waals surface area contributed by atoms with E-state index in [1.807, 2.05) is 0 Å². The maximum Gasteiger partial charge on any atom is 0.407 e. The molecule has 0 spiro atoms. The predicted octanol–water partition coefficient (Wildman–Crippen LogP) is -2.04. The van der Waals surface area contributed by atoms with Crippen molar-refractivity contribution >= 4 is 18.3 Å². The summed E-state index contributed by atoms with van der Waals surface area (Å²) in [5.74, 6) is 0. The van der Waals surface area contributed by atoms with Crippen LogP contribution in [0.2, 0.25) is 0 Å². The van der Waals surface area contributed by atoms with Crippen molar-refractivity contribution in [3.05, 3.63) is 0 Å². The molecule has 2 atom stereocenters.